The monoisotopic (exact) mass is 264 g/mol. The molecule has 0 spiro atoms. The lowest BCUT2D eigenvalue weighted by molar-refractivity contribution is -0.384. The number of nitro groups is 1. The Hall–Kier alpha value is -1.95. The summed E-state index contributed by atoms with van der Waals surface area (Å²) in [6.07, 6.45) is 3.18. The summed E-state index contributed by atoms with van der Waals surface area (Å²) in [6, 6.07) is 5.62. The Kier molecular flexibility index (Phi) is 4.11. The van der Waals surface area contributed by atoms with Crippen LogP contribution in [0.25, 0.3) is 0 Å². The first kappa shape index (κ1) is 13.5. The molecule has 0 amide bonds. The molecule has 1 aromatic carbocycles. The Morgan fingerprint density at radius 2 is 1.79 bits per heavy atom. The molecule has 1 aliphatic carbocycles. The molecule has 6 heteroatoms. The summed E-state index contributed by atoms with van der Waals surface area (Å²) in [4.78, 5) is 21.9. The molecule has 0 aliphatic heterocycles. The van der Waals surface area contributed by atoms with Crippen LogP contribution < -0.4 is 5.73 Å². The van der Waals surface area contributed by atoms with E-state index in [4.69, 9.17) is 10.5 Å². The lowest BCUT2D eigenvalue weighted by Crippen LogP contribution is -2.31. The van der Waals surface area contributed by atoms with Crippen LogP contribution in [-0.2, 0) is 4.74 Å². The Morgan fingerprint density at radius 3 is 2.32 bits per heavy atom. The Morgan fingerprint density at radius 1 is 1.21 bits per heavy atom. The van der Waals surface area contributed by atoms with Crippen molar-refractivity contribution in [2.75, 3.05) is 0 Å². The number of hydrogen-bond acceptors (Lipinski definition) is 5. The smallest absolute Gasteiger partial charge is 0.338 e. The topological polar surface area (TPSA) is 95.5 Å². The predicted molar refractivity (Wildman–Crippen MR) is 68.7 cm³/mol. The summed E-state index contributed by atoms with van der Waals surface area (Å²) in [5, 5.41) is 10.5. The van der Waals surface area contributed by atoms with Gasteiger partial charge in [-0.15, -0.1) is 0 Å². The molecule has 0 heterocycles. The fourth-order valence-electron chi connectivity index (χ4n) is 2.15. The van der Waals surface area contributed by atoms with Gasteiger partial charge in [-0.2, -0.15) is 0 Å². The molecule has 0 bridgehead atoms. The zero-order valence-corrected chi connectivity index (χ0v) is 10.5. The zero-order chi connectivity index (χ0) is 13.8. The quantitative estimate of drug-likeness (QED) is 0.512. The average Bonchev–Trinajstić information content (AvgIpc) is 2.41. The highest BCUT2D eigenvalue weighted by Crippen LogP contribution is 2.21. The highest BCUT2D eigenvalue weighted by molar-refractivity contribution is 5.89. The molecule has 19 heavy (non-hydrogen) atoms. The fourth-order valence-corrected chi connectivity index (χ4v) is 2.15. The number of rotatable bonds is 3. The van der Waals surface area contributed by atoms with Crippen molar-refractivity contribution in [1.82, 2.24) is 0 Å². The van der Waals surface area contributed by atoms with E-state index in [1.54, 1.807) is 0 Å². The molecule has 102 valence electrons. The van der Waals surface area contributed by atoms with Crippen molar-refractivity contribution >= 4 is 11.7 Å². The van der Waals surface area contributed by atoms with Gasteiger partial charge in [0.05, 0.1) is 10.5 Å². The van der Waals surface area contributed by atoms with E-state index in [1.165, 1.54) is 24.3 Å². The van der Waals surface area contributed by atoms with E-state index in [0.717, 1.165) is 25.7 Å². The van der Waals surface area contributed by atoms with Crippen LogP contribution >= 0.6 is 0 Å². The number of benzene rings is 1. The number of non-ortho nitro benzene ring substituents is 1. The molecule has 0 unspecified atom stereocenters. The first-order valence-corrected chi connectivity index (χ1v) is 6.27. The van der Waals surface area contributed by atoms with Crippen LogP contribution in [0.5, 0.6) is 0 Å². The second-order valence-corrected chi connectivity index (χ2v) is 4.75. The maximum Gasteiger partial charge on any atom is 0.338 e. The summed E-state index contributed by atoms with van der Waals surface area (Å²) in [6.45, 7) is 0. The van der Waals surface area contributed by atoms with E-state index in [9.17, 15) is 14.9 Å². The van der Waals surface area contributed by atoms with Crippen LogP contribution in [0.4, 0.5) is 5.69 Å². The average molecular weight is 264 g/mol. The van der Waals surface area contributed by atoms with Gasteiger partial charge in [0.25, 0.3) is 5.69 Å². The van der Waals surface area contributed by atoms with Crippen molar-refractivity contribution in [2.24, 2.45) is 5.73 Å². The van der Waals surface area contributed by atoms with Crippen LogP contribution in [0.2, 0.25) is 0 Å². The van der Waals surface area contributed by atoms with Gasteiger partial charge in [-0.05, 0) is 37.8 Å². The zero-order valence-electron chi connectivity index (χ0n) is 10.5. The minimum Gasteiger partial charge on any atom is -0.459 e. The van der Waals surface area contributed by atoms with Gasteiger partial charge in [-0.3, -0.25) is 10.1 Å². The number of carbonyl (C=O) groups excluding carboxylic acids is 1. The van der Waals surface area contributed by atoms with Crippen LogP contribution in [0.15, 0.2) is 24.3 Å². The molecule has 0 radical (unpaired) electrons. The van der Waals surface area contributed by atoms with Gasteiger partial charge in [0, 0.05) is 18.2 Å². The van der Waals surface area contributed by atoms with Gasteiger partial charge < -0.3 is 10.5 Å². The second kappa shape index (κ2) is 5.79. The number of carbonyl (C=O) groups is 1. The molecule has 1 saturated carbocycles. The molecule has 0 saturated heterocycles. The summed E-state index contributed by atoms with van der Waals surface area (Å²) < 4.78 is 5.36. The first-order chi connectivity index (χ1) is 9.06. The number of nitro benzene ring substituents is 1. The fraction of sp³-hybridized carbons (Fsp3) is 0.462. The minimum atomic E-state index is -0.502. The van der Waals surface area contributed by atoms with Crippen molar-refractivity contribution in [3.8, 4) is 0 Å². The second-order valence-electron chi connectivity index (χ2n) is 4.75. The van der Waals surface area contributed by atoms with Gasteiger partial charge in [-0.25, -0.2) is 4.79 Å². The molecule has 2 N–H and O–H groups in total. The number of hydrogen-bond donors (Lipinski definition) is 1. The highest BCUT2D eigenvalue weighted by atomic mass is 16.6. The predicted octanol–water partition coefficient (Wildman–Crippen LogP) is 2.02. The van der Waals surface area contributed by atoms with Crippen molar-refractivity contribution in [3.05, 3.63) is 39.9 Å². The van der Waals surface area contributed by atoms with E-state index in [2.05, 4.69) is 0 Å². The lowest BCUT2D eigenvalue weighted by Gasteiger charge is -2.25. The van der Waals surface area contributed by atoms with E-state index in [0.29, 0.717) is 5.56 Å². The number of nitrogens with zero attached hydrogens (tertiary/aromatic N) is 1. The Labute approximate surface area is 110 Å². The third-order valence-corrected chi connectivity index (χ3v) is 3.31. The lowest BCUT2D eigenvalue weighted by atomic mass is 9.94. The van der Waals surface area contributed by atoms with Gasteiger partial charge in [0.1, 0.15) is 6.10 Å². The molecule has 6 nitrogen and oxygen atoms in total. The summed E-state index contributed by atoms with van der Waals surface area (Å²) in [5.74, 6) is -0.435. The SMILES string of the molecule is N[C@H]1CC[C@H](OC(=O)c2ccc([N+](=O)[O-])cc2)CC1. The molecule has 1 aromatic rings. The van der Waals surface area contributed by atoms with Crippen molar-refractivity contribution in [3.63, 3.8) is 0 Å². The summed E-state index contributed by atoms with van der Waals surface area (Å²) in [7, 11) is 0. The number of nitrogens with two attached hydrogens (primary N) is 1. The van der Waals surface area contributed by atoms with Gasteiger partial charge in [0.2, 0.25) is 0 Å². The molecule has 2 rings (SSSR count). The normalized spacial score (nSPS) is 22.8. The van der Waals surface area contributed by atoms with Crippen LogP contribution in [0.3, 0.4) is 0 Å². The Balaban J connectivity index is 1.94. The molecule has 0 atom stereocenters. The van der Waals surface area contributed by atoms with Crippen LogP contribution in [-0.4, -0.2) is 23.0 Å². The van der Waals surface area contributed by atoms with Gasteiger partial charge in [0.15, 0.2) is 0 Å². The van der Waals surface area contributed by atoms with Crippen molar-refractivity contribution in [2.45, 2.75) is 37.8 Å². The number of esters is 1. The van der Waals surface area contributed by atoms with Crippen molar-refractivity contribution in [1.29, 1.82) is 0 Å². The van der Waals surface area contributed by atoms with E-state index in [-0.39, 0.29) is 17.8 Å². The molecular formula is C13H16N2O4. The molecule has 0 aromatic heterocycles. The molecule has 1 aliphatic rings. The number of ether oxygens (including phenoxy) is 1. The Bertz CT molecular complexity index is 464. The maximum atomic E-state index is 11.9. The minimum absolute atomic E-state index is 0.0415. The molecular weight excluding hydrogens is 248 g/mol. The standard InChI is InChI=1S/C13H16N2O4/c14-10-3-7-12(8-4-10)19-13(16)9-1-5-11(6-2-9)15(17)18/h1-2,5-6,10,12H,3-4,7-8,14H2/t10-,12-. The van der Waals surface area contributed by atoms with E-state index < -0.39 is 10.9 Å². The molecule has 1 fully saturated rings. The third-order valence-electron chi connectivity index (χ3n) is 3.31. The van der Waals surface area contributed by atoms with Gasteiger partial charge in [-0.1, -0.05) is 0 Å². The van der Waals surface area contributed by atoms with Crippen molar-refractivity contribution < 1.29 is 14.5 Å². The maximum absolute atomic E-state index is 11.9. The first-order valence-electron chi connectivity index (χ1n) is 6.27. The third kappa shape index (κ3) is 3.51. The van der Waals surface area contributed by atoms with E-state index >= 15 is 0 Å². The summed E-state index contributed by atoms with van der Waals surface area (Å²) in [5.41, 5.74) is 6.07. The van der Waals surface area contributed by atoms with Gasteiger partial charge >= 0.3 is 5.97 Å². The van der Waals surface area contributed by atoms with Crippen LogP contribution in [0, 0.1) is 10.1 Å². The van der Waals surface area contributed by atoms with E-state index in [1.807, 2.05) is 0 Å². The van der Waals surface area contributed by atoms with Crippen LogP contribution in [0.1, 0.15) is 36.0 Å². The highest BCUT2D eigenvalue weighted by Gasteiger charge is 2.22. The summed E-state index contributed by atoms with van der Waals surface area (Å²) >= 11 is 0. The largest absolute Gasteiger partial charge is 0.459 e.